The molecule has 5 heteroatoms. The molecule has 2 aromatic heterocycles. The maximum absolute atomic E-state index is 14.0. The van der Waals surface area contributed by atoms with Crippen molar-refractivity contribution >= 4 is 10.9 Å². The molecule has 1 aliphatic heterocycles. The van der Waals surface area contributed by atoms with Crippen molar-refractivity contribution in [2.24, 2.45) is 0 Å². The maximum Gasteiger partial charge on any atom is 0.123 e. The van der Waals surface area contributed by atoms with E-state index in [1.54, 1.807) is 12.1 Å². The lowest BCUT2D eigenvalue weighted by Crippen LogP contribution is -2.35. The minimum atomic E-state index is -0.308. The van der Waals surface area contributed by atoms with Gasteiger partial charge in [0, 0.05) is 41.3 Å². The number of benzene rings is 3. The number of fused-ring (bicyclic) bond motifs is 2. The molecule has 0 bridgehead atoms. The predicted octanol–water partition coefficient (Wildman–Crippen LogP) is 7.84. The van der Waals surface area contributed by atoms with E-state index in [0.717, 1.165) is 41.9 Å². The Labute approximate surface area is 224 Å². The van der Waals surface area contributed by atoms with Crippen LogP contribution in [0.5, 0.6) is 0 Å². The van der Waals surface area contributed by atoms with Crippen LogP contribution in [0.2, 0.25) is 0 Å². The summed E-state index contributed by atoms with van der Waals surface area (Å²) in [6.07, 6.45) is 3.91. The number of H-pyrrole nitrogens is 1. The van der Waals surface area contributed by atoms with Crippen molar-refractivity contribution in [3.63, 3.8) is 0 Å². The number of aryl methyl sites for hydroxylation is 3. The van der Waals surface area contributed by atoms with Crippen molar-refractivity contribution in [3.05, 3.63) is 106 Å². The molecule has 1 N–H and O–H groups in total. The highest BCUT2D eigenvalue weighted by Crippen LogP contribution is 2.46. The number of aromatic amines is 1. The largest absolute Gasteiger partial charge is 0.361 e. The molecular formula is C33H35FN4. The summed E-state index contributed by atoms with van der Waals surface area (Å²) in [7, 11) is 0. The Bertz CT molecular complexity index is 1630. The number of nitrogens with zero attached hydrogens (tertiary/aromatic N) is 3. The molecule has 194 valence electrons. The smallest absolute Gasteiger partial charge is 0.123 e. The van der Waals surface area contributed by atoms with Crippen LogP contribution in [-0.2, 0) is 31.5 Å². The summed E-state index contributed by atoms with van der Waals surface area (Å²) in [5.41, 5.74) is 11.6. The summed E-state index contributed by atoms with van der Waals surface area (Å²) in [4.78, 5) is 5.87. The van der Waals surface area contributed by atoms with Crippen molar-refractivity contribution in [1.29, 1.82) is 0 Å². The molecule has 0 spiro atoms. The summed E-state index contributed by atoms with van der Waals surface area (Å²) >= 11 is 0. The van der Waals surface area contributed by atoms with Gasteiger partial charge in [-0.3, -0.25) is 4.90 Å². The van der Waals surface area contributed by atoms with Gasteiger partial charge in [-0.15, -0.1) is 0 Å². The third kappa shape index (κ3) is 3.80. The molecule has 0 amide bonds. The van der Waals surface area contributed by atoms with Gasteiger partial charge in [-0.1, -0.05) is 56.3 Å². The van der Waals surface area contributed by atoms with E-state index in [0.29, 0.717) is 6.54 Å². The molecule has 3 heterocycles. The molecule has 0 atom stereocenters. The molecule has 1 aliphatic rings. The zero-order valence-electron chi connectivity index (χ0n) is 22.9. The second-order valence-electron chi connectivity index (χ2n) is 11.0. The zero-order valence-corrected chi connectivity index (χ0v) is 22.9. The average Bonchev–Trinajstić information content (AvgIpc) is 3.60. The van der Waals surface area contributed by atoms with E-state index in [1.165, 1.54) is 45.0 Å². The molecule has 6 rings (SSSR count). The summed E-state index contributed by atoms with van der Waals surface area (Å²) in [6, 6.07) is 20.2. The first-order valence-corrected chi connectivity index (χ1v) is 13.6. The lowest BCUT2D eigenvalue weighted by Gasteiger charge is -2.32. The summed E-state index contributed by atoms with van der Waals surface area (Å²) in [5, 5.41) is 6.63. The first-order chi connectivity index (χ1) is 18.3. The van der Waals surface area contributed by atoms with Gasteiger partial charge in [0.1, 0.15) is 5.82 Å². The number of nitrogens with one attached hydrogen (secondary N) is 1. The standard InChI is InChI=1S/C33H35FN4/c1-6-23-11-9-12-24(7-2)30(23)38-31(27-15-14-21(3)29-26(27)16-17-35-29)28-20-37(33(4,5)32(28)36-38)19-22-10-8-13-25(34)18-22/h8-18,35H,6-7,19-20H2,1-5H3. The van der Waals surface area contributed by atoms with Crippen LogP contribution in [0.25, 0.3) is 27.8 Å². The summed E-state index contributed by atoms with van der Waals surface area (Å²) in [5.74, 6) is -0.194. The second-order valence-corrected chi connectivity index (χ2v) is 11.0. The van der Waals surface area contributed by atoms with E-state index in [4.69, 9.17) is 5.10 Å². The highest BCUT2D eigenvalue weighted by atomic mass is 19.1. The number of aromatic nitrogens is 3. The van der Waals surface area contributed by atoms with Crippen LogP contribution in [0, 0.1) is 12.7 Å². The minimum Gasteiger partial charge on any atom is -0.361 e. The molecule has 0 saturated heterocycles. The van der Waals surface area contributed by atoms with Crippen LogP contribution in [0.1, 0.15) is 61.2 Å². The van der Waals surface area contributed by atoms with Crippen LogP contribution >= 0.6 is 0 Å². The van der Waals surface area contributed by atoms with Gasteiger partial charge in [0.2, 0.25) is 0 Å². The Hall–Kier alpha value is -3.70. The zero-order chi connectivity index (χ0) is 26.6. The third-order valence-corrected chi connectivity index (χ3v) is 8.33. The summed E-state index contributed by atoms with van der Waals surface area (Å²) < 4.78 is 16.3. The Morgan fingerprint density at radius 3 is 2.42 bits per heavy atom. The lowest BCUT2D eigenvalue weighted by molar-refractivity contribution is 0.123. The van der Waals surface area contributed by atoms with Gasteiger partial charge in [-0.25, -0.2) is 9.07 Å². The van der Waals surface area contributed by atoms with Gasteiger partial charge in [-0.2, -0.15) is 5.10 Å². The quantitative estimate of drug-likeness (QED) is 0.255. The highest BCUT2D eigenvalue weighted by molar-refractivity contribution is 5.97. The van der Waals surface area contributed by atoms with Crippen LogP contribution in [0.4, 0.5) is 4.39 Å². The fourth-order valence-corrected chi connectivity index (χ4v) is 6.17. The van der Waals surface area contributed by atoms with Gasteiger partial charge in [0.05, 0.1) is 22.6 Å². The van der Waals surface area contributed by atoms with Crippen LogP contribution in [0.15, 0.2) is 66.9 Å². The molecule has 0 aliphatic carbocycles. The average molecular weight is 507 g/mol. The number of hydrogen-bond donors (Lipinski definition) is 1. The van der Waals surface area contributed by atoms with E-state index in [2.05, 4.69) is 85.6 Å². The molecule has 0 radical (unpaired) electrons. The summed E-state index contributed by atoms with van der Waals surface area (Å²) in [6.45, 7) is 12.5. The first-order valence-electron chi connectivity index (χ1n) is 13.6. The first kappa shape index (κ1) is 24.6. The maximum atomic E-state index is 14.0. The van der Waals surface area contributed by atoms with Gasteiger partial charge >= 0.3 is 0 Å². The Kier molecular flexibility index (Phi) is 5.99. The number of halogens is 1. The van der Waals surface area contributed by atoms with E-state index in [1.807, 2.05) is 12.3 Å². The van der Waals surface area contributed by atoms with Gasteiger partial charge in [0.25, 0.3) is 0 Å². The SMILES string of the molecule is CCc1cccc(CC)c1-n1nc2c(c1-c1ccc(C)c3[nH]ccc13)CN(Cc1cccc(F)c1)C2(C)C. The molecule has 3 aromatic carbocycles. The number of hydrogen-bond acceptors (Lipinski definition) is 2. The van der Waals surface area contributed by atoms with Crippen LogP contribution < -0.4 is 0 Å². The fourth-order valence-electron chi connectivity index (χ4n) is 6.17. The molecule has 4 nitrogen and oxygen atoms in total. The Morgan fingerprint density at radius 2 is 1.71 bits per heavy atom. The number of rotatable bonds is 6. The predicted molar refractivity (Wildman–Crippen MR) is 153 cm³/mol. The van der Waals surface area contributed by atoms with Crippen molar-refractivity contribution < 1.29 is 4.39 Å². The molecule has 0 saturated carbocycles. The second kappa shape index (κ2) is 9.25. The molecule has 0 unspecified atom stereocenters. The topological polar surface area (TPSA) is 36.9 Å². The van der Waals surface area contributed by atoms with E-state index < -0.39 is 0 Å². The van der Waals surface area contributed by atoms with Gasteiger partial charge < -0.3 is 4.98 Å². The van der Waals surface area contributed by atoms with Crippen molar-refractivity contribution in [2.45, 2.75) is 66.1 Å². The molecular weight excluding hydrogens is 471 g/mol. The van der Waals surface area contributed by atoms with Gasteiger partial charge in [0.15, 0.2) is 0 Å². The van der Waals surface area contributed by atoms with E-state index >= 15 is 0 Å². The monoisotopic (exact) mass is 506 g/mol. The van der Waals surface area contributed by atoms with E-state index in [9.17, 15) is 4.39 Å². The molecule has 0 fully saturated rings. The Balaban J connectivity index is 1.60. The number of para-hydroxylation sites is 1. The fraction of sp³-hybridized carbons (Fsp3) is 0.303. The lowest BCUT2D eigenvalue weighted by atomic mass is 9.96. The van der Waals surface area contributed by atoms with Crippen LogP contribution in [0.3, 0.4) is 0 Å². The minimum absolute atomic E-state index is 0.194. The van der Waals surface area contributed by atoms with Crippen molar-refractivity contribution in [2.75, 3.05) is 0 Å². The normalized spacial score (nSPS) is 14.9. The van der Waals surface area contributed by atoms with Gasteiger partial charge in [-0.05, 0) is 74.1 Å². The van der Waals surface area contributed by atoms with Crippen molar-refractivity contribution in [3.8, 4) is 16.9 Å². The van der Waals surface area contributed by atoms with Crippen molar-refractivity contribution in [1.82, 2.24) is 19.7 Å². The molecule has 5 aromatic rings. The Morgan fingerprint density at radius 1 is 0.974 bits per heavy atom. The van der Waals surface area contributed by atoms with Crippen LogP contribution in [-0.4, -0.2) is 19.7 Å². The third-order valence-electron chi connectivity index (χ3n) is 8.33. The highest BCUT2D eigenvalue weighted by Gasteiger charge is 2.43. The molecule has 38 heavy (non-hydrogen) atoms. The van der Waals surface area contributed by atoms with E-state index in [-0.39, 0.29) is 11.4 Å².